The van der Waals surface area contributed by atoms with E-state index in [1.165, 1.54) is 0 Å². The first-order valence-electron chi connectivity index (χ1n) is 12.7. The zero-order chi connectivity index (χ0) is 24.6. The molecule has 3 aromatic rings. The number of aromatic nitrogens is 5. The van der Waals surface area contributed by atoms with Crippen LogP contribution in [0.15, 0.2) is 30.5 Å². The van der Waals surface area contributed by atoms with Gasteiger partial charge in [0.05, 0.1) is 0 Å². The molecule has 0 unspecified atom stereocenters. The molecule has 10 nitrogen and oxygen atoms in total. The molecule has 0 bridgehead atoms. The van der Waals surface area contributed by atoms with Crippen molar-refractivity contribution in [2.24, 2.45) is 0 Å². The van der Waals surface area contributed by atoms with E-state index in [-0.39, 0.29) is 23.8 Å². The number of anilines is 1. The number of aryl methyl sites for hydroxylation is 1. The first kappa shape index (κ1) is 22.6. The third-order valence-corrected chi connectivity index (χ3v) is 7.37. The topological polar surface area (TPSA) is 115 Å². The van der Waals surface area contributed by atoms with Crippen molar-refractivity contribution in [3.05, 3.63) is 53.1 Å². The second-order valence-corrected chi connectivity index (χ2v) is 9.86. The van der Waals surface area contributed by atoms with Gasteiger partial charge >= 0.3 is 6.09 Å². The van der Waals surface area contributed by atoms with Crippen molar-refractivity contribution >= 4 is 17.8 Å². The van der Waals surface area contributed by atoms with E-state index in [0.29, 0.717) is 42.9 Å². The zero-order valence-corrected chi connectivity index (χ0v) is 20.3. The number of fused-ring (bicyclic) bond motifs is 2. The standard InChI is InChI=1S/C26H29N7O3/c1-16-9-10-23-30-31-24(33(16)23)20-7-4-8-22(28-20)29-25(34)21-13-18-15-32(12-11-17(18)14-27-21)26(35)36-19-5-2-3-6-19/h4,7-8,13-14,16,19H,2-3,5-6,9-12,15H2,1H3,(H,28,29,34)/t16-/m0/s1. The van der Waals surface area contributed by atoms with Crippen LogP contribution in [0.2, 0.25) is 0 Å². The molecule has 2 aliphatic heterocycles. The quantitative estimate of drug-likeness (QED) is 0.593. The lowest BCUT2D eigenvalue weighted by atomic mass is 10.0. The van der Waals surface area contributed by atoms with E-state index in [4.69, 9.17) is 4.74 Å². The van der Waals surface area contributed by atoms with Crippen LogP contribution in [0.1, 0.15) is 72.5 Å². The summed E-state index contributed by atoms with van der Waals surface area (Å²) in [5.74, 6) is 1.74. The highest BCUT2D eigenvalue weighted by Gasteiger charge is 2.28. The van der Waals surface area contributed by atoms with Gasteiger partial charge in [-0.1, -0.05) is 6.07 Å². The summed E-state index contributed by atoms with van der Waals surface area (Å²) in [6.45, 7) is 3.15. The molecule has 3 aliphatic rings. The minimum Gasteiger partial charge on any atom is -0.446 e. The number of amides is 2. The maximum Gasteiger partial charge on any atom is 0.410 e. The van der Waals surface area contributed by atoms with Crippen LogP contribution in [0.3, 0.4) is 0 Å². The van der Waals surface area contributed by atoms with Gasteiger partial charge in [0.1, 0.15) is 29.1 Å². The highest BCUT2D eigenvalue weighted by atomic mass is 16.6. The van der Waals surface area contributed by atoms with Gasteiger partial charge in [-0.15, -0.1) is 10.2 Å². The van der Waals surface area contributed by atoms with Gasteiger partial charge in [-0.2, -0.15) is 0 Å². The number of pyridine rings is 2. The Balaban J connectivity index is 1.16. The first-order valence-corrected chi connectivity index (χ1v) is 12.7. The molecule has 0 aromatic carbocycles. The molecule has 186 valence electrons. The van der Waals surface area contributed by atoms with Gasteiger partial charge in [0.2, 0.25) is 0 Å². The molecule has 1 saturated carbocycles. The molecule has 0 radical (unpaired) electrons. The fourth-order valence-electron chi connectivity index (χ4n) is 5.35. The summed E-state index contributed by atoms with van der Waals surface area (Å²) in [4.78, 5) is 36.4. The maximum absolute atomic E-state index is 13.0. The Labute approximate surface area is 209 Å². The van der Waals surface area contributed by atoms with Gasteiger partial charge in [0, 0.05) is 31.7 Å². The zero-order valence-electron chi connectivity index (χ0n) is 20.3. The van der Waals surface area contributed by atoms with Crippen molar-refractivity contribution in [2.75, 3.05) is 11.9 Å². The summed E-state index contributed by atoms with van der Waals surface area (Å²) in [6, 6.07) is 7.53. The lowest BCUT2D eigenvalue weighted by Crippen LogP contribution is -2.38. The van der Waals surface area contributed by atoms with E-state index in [1.807, 2.05) is 12.1 Å². The highest BCUT2D eigenvalue weighted by molar-refractivity contribution is 6.02. The Bertz CT molecular complexity index is 1310. The average Bonchev–Trinajstić information content (AvgIpc) is 3.63. The molecular weight excluding hydrogens is 458 g/mol. The normalized spacial score (nSPS) is 19.1. The molecule has 0 saturated heterocycles. The van der Waals surface area contributed by atoms with Crippen molar-refractivity contribution in [1.29, 1.82) is 0 Å². The summed E-state index contributed by atoms with van der Waals surface area (Å²) in [7, 11) is 0. The molecule has 10 heteroatoms. The molecule has 1 fully saturated rings. The van der Waals surface area contributed by atoms with Gasteiger partial charge in [-0.3, -0.25) is 9.78 Å². The van der Waals surface area contributed by atoms with Crippen molar-refractivity contribution in [2.45, 2.75) is 70.6 Å². The third kappa shape index (κ3) is 4.31. The smallest absolute Gasteiger partial charge is 0.410 e. The highest BCUT2D eigenvalue weighted by Crippen LogP contribution is 2.30. The predicted molar refractivity (Wildman–Crippen MR) is 131 cm³/mol. The molecule has 6 rings (SSSR count). The molecular formula is C26H29N7O3. The lowest BCUT2D eigenvalue weighted by Gasteiger charge is -2.29. The predicted octanol–water partition coefficient (Wildman–Crippen LogP) is 3.93. The van der Waals surface area contributed by atoms with Crippen molar-refractivity contribution in [3.63, 3.8) is 0 Å². The molecule has 36 heavy (non-hydrogen) atoms. The van der Waals surface area contributed by atoms with E-state index in [0.717, 1.165) is 55.5 Å². The van der Waals surface area contributed by atoms with Crippen LogP contribution in [0, 0.1) is 0 Å². The molecule has 1 N–H and O–H groups in total. The Hall–Kier alpha value is -3.82. The molecule has 1 aliphatic carbocycles. The summed E-state index contributed by atoms with van der Waals surface area (Å²) in [5.41, 5.74) is 2.91. The fourth-order valence-corrected chi connectivity index (χ4v) is 5.35. The number of carbonyl (C=O) groups excluding carboxylic acids is 2. The minimum absolute atomic E-state index is 0.0305. The molecule has 0 spiro atoms. The van der Waals surface area contributed by atoms with Crippen LogP contribution in [-0.2, 0) is 24.1 Å². The van der Waals surface area contributed by atoms with E-state index >= 15 is 0 Å². The number of nitrogens with zero attached hydrogens (tertiary/aromatic N) is 6. The Kier molecular flexibility index (Phi) is 5.86. The number of nitrogens with one attached hydrogen (secondary N) is 1. The molecule has 2 amide bonds. The van der Waals surface area contributed by atoms with Crippen molar-refractivity contribution in [1.82, 2.24) is 29.6 Å². The average molecular weight is 488 g/mol. The van der Waals surface area contributed by atoms with Gasteiger partial charge in [-0.25, -0.2) is 9.78 Å². The van der Waals surface area contributed by atoms with Gasteiger partial charge in [0.15, 0.2) is 5.82 Å². The second kappa shape index (κ2) is 9.33. The van der Waals surface area contributed by atoms with Gasteiger partial charge in [-0.05, 0) is 74.8 Å². The third-order valence-electron chi connectivity index (χ3n) is 7.37. The maximum atomic E-state index is 13.0. The van der Waals surface area contributed by atoms with Gasteiger partial charge in [0.25, 0.3) is 5.91 Å². The summed E-state index contributed by atoms with van der Waals surface area (Å²) in [5, 5.41) is 11.5. The second-order valence-electron chi connectivity index (χ2n) is 9.86. The summed E-state index contributed by atoms with van der Waals surface area (Å²) < 4.78 is 7.78. The number of hydrogen-bond donors (Lipinski definition) is 1. The van der Waals surface area contributed by atoms with Crippen LogP contribution < -0.4 is 5.32 Å². The Morgan fingerprint density at radius 2 is 1.94 bits per heavy atom. The number of ether oxygens (including phenoxy) is 1. The van der Waals surface area contributed by atoms with Crippen LogP contribution in [0.5, 0.6) is 0 Å². The Morgan fingerprint density at radius 1 is 1.08 bits per heavy atom. The minimum atomic E-state index is -0.354. The van der Waals surface area contributed by atoms with Crippen LogP contribution in [0.25, 0.3) is 11.5 Å². The number of hydrogen-bond acceptors (Lipinski definition) is 7. The SMILES string of the molecule is C[C@H]1CCc2nnc(-c3cccc(NC(=O)c4cc5c(cn4)CCN(C(=O)OC4CCCC4)C5)n3)n21. The largest absolute Gasteiger partial charge is 0.446 e. The molecule has 1 atom stereocenters. The lowest BCUT2D eigenvalue weighted by molar-refractivity contribution is 0.0618. The van der Waals surface area contributed by atoms with Crippen LogP contribution in [-0.4, -0.2) is 54.3 Å². The van der Waals surface area contributed by atoms with Crippen molar-refractivity contribution in [3.8, 4) is 11.5 Å². The van der Waals surface area contributed by atoms with E-state index in [1.54, 1.807) is 23.2 Å². The van der Waals surface area contributed by atoms with E-state index in [9.17, 15) is 9.59 Å². The first-order chi connectivity index (χ1) is 17.5. The fraction of sp³-hybridized carbons (Fsp3) is 0.462. The van der Waals surface area contributed by atoms with Crippen molar-refractivity contribution < 1.29 is 14.3 Å². The monoisotopic (exact) mass is 487 g/mol. The van der Waals surface area contributed by atoms with Crippen LogP contribution >= 0.6 is 0 Å². The van der Waals surface area contributed by atoms with Crippen LogP contribution in [0.4, 0.5) is 10.6 Å². The number of rotatable bonds is 4. The van der Waals surface area contributed by atoms with E-state index in [2.05, 4.69) is 37.0 Å². The van der Waals surface area contributed by atoms with E-state index < -0.39 is 0 Å². The molecule has 5 heterocycles. The number of carbonyl (C=O) groups is 2. The Morgan fingerprint density at radius 3 is 2.81 bits per heavy atom. The summed E-state index contributed by atoms with van der Waals surface area (Å²) in [6.07, 6.45) is 8.23. The molecule has 3 aromatic heterocycles. The summed E-state index contributed by atoms with van der Waals surface area (Å²) >= 11 is 0. The van der Waals surface area contributed by atoms with Gasteiger partial charge < -0.3 is 19.5 Å².